The zero-order valence-electron chi connectivity index (χ0n) is 4.27. The summed E-state index contributed by atoms with van der Waals surface area (Å²) in [4.78, 5) is 0. The van der Waals surface area contributed by atoms with Gasteiger partial charge in [0.05, 0.1) is 0 Å². The number of rotatable bonds is 1. The Labute approximate surface area is 51.3 Å². The van der Waals surface area contributed by atoms with Gasteiger partial charge in [-0.25, -0.2) is 0 Å². The first-order valence-electron chi connectivity index (χ1n) is 1.88. The van der Waals surface area contributed by atoms with Crippen molar-refractivity contribution in [3.63, 3.8) is 0 Å². The first-order chi connectivity index (χ1) is 4.39. The van der Waals surface area contributed by atoms with Crippen LogP contribution in [0.5, 0.6) is 0 Å². The molecule has 0 atom stereocenters. The molecule has 1 N–H and O–H groups in total. The van der Waals surface area contributed by atoms with E-state index in [1.165, 1.54) is 0 Å². The van der Waals surface area contributed by atoms with Crippen LogP contribution in [0.25, 0.3) is 0 Å². The standard InChI is InChI=1S/C3HF6N/c4-1(2(5)10-9)3(6,7)8/h10H/b2-1+. The van der Waals surface area contributed by atoms with Crippen molar-refractivity contribution in [3.8, 4) is 0 Å². The highest BCUT2D eigenvalue weighted by molar-refractivity contribution is 5.02. The molecule has 0 saturated carbocycles. The number of alkyl halides is 3. The predicted molar refractivity (Wildman–Crippen MR) is 19.5 cm³/mol. The van der Waals surface area contributed by atoms with Crippen molar-refractivity contribution in [2.75, 3.05) is 0 Å². The van der Waals surface area contributed by atoms with E-state index in [0.29, 0.717) is 0 Å². The van der Waals surface area contributed by atoms with Gasteiger partial charge in [-0.15, -0.1) is 4.48 Å². The third kappa shape index (κ3) is 2.16. The highest BCUT2D eigenvalue weighted by Gasteiger charge is 2.38. The minimum absolute atomic E-state index is 0.111. The number of hydrogen-bond acceptors (Lipinski definition) is 1. The molecule has 0 aliphatic rings. The number of nitrogens with one attached hydrogen (secondary N) is 1. The lowest BCUT2D eigenvalue weighted by molar-refractivity contribution is -0.112. The number of halogens is 6. The molecule has 0 unspecified atom stereocenters. The van der Waals surface area contributed by atoms with Gasteiger partial charge in [-0.2, -0.15) is 27.5 Å². The zero-order chi connectivity index (χ0) is 8.36. The summed E-state index contributed by atoms with van der Waals surface area (Å²) >= 11 is 0. The van der Waals surface area contributed by atoms with Gasteiger partial charge in [0, 0.05) is 0 Å². The van der Waals surface area contributed by atoms with Crippen molar-refractivity contribution in [1.82, 2.24) is 5.54 Å². The maximum absolute atomic E-state index is 11.4. The Bertz CT molecular complexity index is 146. The van der Waals surface area contributed by atoms with Gasteiger partial charge in [-0.05, 0) is 0 Å². The van der Waals surface area contributed by atoms with Crippen LogP contribution in [0, 0.1) is 0 Å². The van der Waals surface area contributed by atoms with Crippen molar-refractivity contribution in [2.24, 2.45) is 0 Å². The third-order valence-electron chi connectivity index (χ3n) is 0.525. The van der Waals surface area contributed by atoms with Crippen LogP contribution >= 0.6 is 0 Å². The molecule has 0 fully saturated rings. The van der Waals surface area contributed by atoms with E-state index >= 15 is 0 Å². The summed E-state index contributed by atoms with van der Waals surface area (Å²) in [6.45, 7) is 0. The van der Waals surface area contributed by atoms with Gasteiger partial charge in [0.15, 0.2) is 0 Å². The van der Waals surface area contributed by atoms with Gasteiger partial charge in [0.1, 0.15) is 0 Å². The second-order valence-corrected chi connectivity index (χ2v) is 1.22. The van der Waals surface area contributed by atoms with Crippen LogP contribution in [0.3, 0.4) is 0 Å². The Morgan fingerprint density at radius 3 is 1.60 bits per heavy atom. The molecule has 7 heteroatoms. The third-order valence-corrected chi connectivity index (χ3v) is 0.525. The first-order valence-corrected chi connectivity index (χ1v) is 1.88. The molecule has 0 radical (unpaired) electrons. The lowest BCUT2D eigenvalue weighted by Gasteiger charge is -2.01. The number of allylic oxidation sites excluding steroid dienone is 1. The van der Waals surface area contributed by atoms with Crippen molar-refractivity contribution in [3.05, 3.63) is 11.8 Å². The average Bonchev–Trinajstić information content (AvgIpc) is 1.83. The molecule has 0 amide bonds. The lowest BCUT2D eigenvalue weighted by atomic mass is 10.5. The van der Waals surface area contributed by atoms with Crippen LogP contribution in [0.4, 0.5) is 26.4 Å². The molecule has 0 rings (SSSR count). The summed E-state index contributed by atoms with van der Waals surface area (Å²) in [6.07, 6.45) is -5.48. The van der Waals surface area contributed by atoms with Crippen molar-refractivity contribution in [2.45, 2.75) is 6.18 Å². The van der Waals surface area contributed by atoms with E-state index in [2.05, 4.69) is 0 Å². The van der Waals surface area contributed by atoms with E-state index in [1.54, 1.807) is 0 Å². The molecule has 0 bridgehead atoms. The van der Waals surface area contributed by atoms with Crippen LogP contribution in [-0.2, 0) is 0 Å². The fourth-order valence-corrected chi connectivity index (χ4v) is 0.166. The van der Waals surface area contributed by atoms with Gasteiger partial charge in [-0.1, -0.05) is 0 Å². The Balaban J connectivity index is 4.47. The lowest BCUT2D eigenvalue weighted by Crippen LogP contribution is -2.13. The molecule has 0 heterocycles. The van der Waals surface area contributed by atoms with Gasteiger partial charge in [0.2, 0.25) is 0 Å². The predicted octanol–water partition coefficient (Wildman–Crippen LogP) is 2.13. The van der Waals surface area contributed by atoms with E-state index in [1.807, 2.05) is 0 Å². The van der Waals surface area contributed by atoms with Crippen LogP contribution in [-0.4, -0.2) is 6.18 Å². The summed E-state index contributed by atoms with van der Waals surface area (Å²) in [5.41, 5.74) is -0.111. The maximum atomic E-state index is 11.4. The van der Waals surface area contributed by atoms with Crippen molar-refractivity contribution >= 4 is 0 Å². The largest absolute Gasteiger partial charge is 0.447 e. The molecule has 0 aromatic heterocycles. The van der Waals surface area contributed by atoms with Crippen LogP contribution in [0.1, 0.15) is 0 Å². The summed E-state index contributed by atoms with van der Waals surface area (Å²) in [6, 6.07) is 0. The molecule has 0 aliphatic heterocycles. The van der Waals surface area contributed by atoms with Gasteiger partial charge < -0.3 is 0 Å². The second kappa shape index (κ2) is 2.80. The van der Waals surface area contributed by atoms with E-state index in [4.69, 9.17) is 0 Å². The minimum Gasteiger partial charge on any atom is -0.197 e. The molecular formula is C3HF6N. The van der Waals surface area contributed by atoms with E-state index in [9.17, 15) is 26.4 Å². The fraction of sp³-hybridized carbons (Fsp3) is 0.333. The first kappa shape index (κ1) is 9.12. The SMILES string of the molecule is FN/C(F)=C(/F)C(F)(F)F. The van der Waals surface area contributed by atoms with Crippen molar-refractivity contribution in [1.29, 1.82) is 0 Å². The van der Waals surface area contributed by atoms with Crippen LogP contribution in [0.2, 0.25) is 0 Å². The second-order valence-electron chi connectivity index (χ2n) is 1.22. The van der Waals surface area contributed by atoms with Gasteiger partial charge in [-0.3, -0.25) is 0 Å². The summed E-state index contributed by atoms with van der Waals surface area (Å²) in [5, 5.41) is 0. The van der Waals surface area contributed by atoms with Crippen LogP contribution < -0.4 is 5.54 Å². The topological polar surface area (TPSA) is 12.0 Å². The smallest absolute Gasteiger partial charge is 0.197 e. The summed E-state index contributed by atoms with van der Waals surface area (Å²) < 4.78 is 66.5. The van der Waals surface area contributed by atoms with Crippen molar-refractivity contribution < 1.29 is 26.4 Å². The molecule has 0 spiro atoms. The maximum Gasteiger partial charge on any atom is 0.447 e. The molecule has 0 aromatic rings. The Morgan fingerprint density at radius 1 is 1.10 bits per heavy atom. The van der Waals surface area contributed by atoms with Gasteiger partial charge >= 0.3 is 6.18 Å². The molecule has 60 valence electrons. The van der Waals surface area contributed by atoms with E-state index in [-0.39, 0.29) is 5.54 Å². The molecular weight excluding hydrogens is 164 g/mol. The average molecular weight is 165 g/mol. The number of hydrogen-bond donors (Lipinski definition) is 1. The molecule has 0 aromatic carbocycles. The van der Waals surface area contributed by atoms with E-state index in [0.717, 1.165) is 0 Å². The minimum atomic E-state index is -5.48. The Hall–Kier alpha value is -0.880. The summed E-state index contributed by atoms with van der Waals surface area (Å²) in [5.74, 6) is -5.79. The van der Waals surface area contributed by atoms with E-state index < -0.39 is 18.0 Å². The fourth-order valence-electron chi connectivity index (χ4n) is 0.166. The molecule has 10 heavy (non-hydrogen) atoms. The quantitative estimate of drug-likeness (QED) is 0.356. The summed E-state index contributed by atoms with van der Waals surface area (Å²) in [7, 11) is 0. The highest BCUT2D eigenvalue weighted by Crippen LogP contribution is 2.28. The highest BCUT2D eigenvalue weighted by atomic mass is 19.4. The zero-order valence-corrected chi connectivity index (χ0v) is 4.27. The Kier molecular flexibility index (Phi) is 2.56. The normalized spacial score (nSPS) is 14.6. The molecule has 1 nitrogen and oxygen atoms in total. The Morgan fingerprint density at radius 2 is 1.50 bits per heavy atom. The van der Waals surface area contributed by atoms with Crippen LogP contribution in [0.15, 0.2) is 11.8 Å². The molecule has 0 saturated heterocycles. The molecule has 0 aliphatic carbocycles. The monoisotopic (exact) mass is 165 g/mol. The van der Waals surface area contributed by atoms with Gasteiger partial charge in [0.25, 0.3) is 11.8 Å².